The first-order valence-electron chi connectivity index (χ1n) is 8.21. The van der Waals surface area contributed by atoms with Crippen molar-refractivity contribution >= 4 is 28.7 Å². The number of hydrogen-bond donors (Lipinski definition) is 1. The van der Waals surface area contributed by atoms with Crippen molar-refractivity contribution in [2.75, 3.05) is 37.4 Å². The van der Waals surface area contributed by atoms with Crippen LogP contribution in [0.2, 0.25) is 0 Å². The molecule has 128 valence electrons. The lowest BCUT2D eigenvalue weighted by molar-refractivity contribution is 0.0756. The minimum atomic E-state index is 0.0499. The Kier molecular flexibility index (Phi) is 5.30. The van der Waals surface area contributed by atoms with Gasteiger partial charge in [-0.15, -0.1) is 11.3 Å². The summed E-state index contributed by atoms with van der Waals surface area (Å²) in [6, 6.07) is 4.44. The van der Waals surface area contributed by atoms with Crippen molar-refractivity contribution in [2.24, 2.45) is 0 Å². The van der Waals surface area contributed by atoms with Crippen LogP contribution in [0.3, 0.4) is 0 Å². The largest absolute Gasteiger partial charge is 0.381 e. The van der Waals surface area contributed by atoms with Gasteiger partial charge in [0.05, 0.1) is 17.4 Å². The highest BCUT2D eigenvalue weighted by atomic mass is 32.1. The molecule has 0 aromatic carbocycles. The third kappa shape index (κ3) is 4.03. The van der Waals surface area contributed by atoms with Gasteiger partial charge in [0.2, 0.25) is 0 Å². The van der Waals surface area contributed by atoms with E-state index in [0.29, 0.717) is 11.7 Å². The first-order chi connectivity index (χ1) is 11.6. The second kappa shape index (κ2) is 7.61. The van der Waals surface area contributed by atoms with E-state index in [9.17, 15) is 4.79 Å². The number of hydrogen-bond acceptors (Lipinski definition) is 6. The van der Waals surface area contributed by atoms with Crippen LogP contribution in [0.4, 0.5) is 11.5 Å². The molecule has 1 amide bonds. The molecule has 1 aliphatic heterocycles. The molecule has 3 rings (SSSR count). The van der Waals surface area contributed by atoms with Crippen LogP contribution in [0.15, 0.2) is 29.2 Å². The van der Waals surface area contributed by atoms with Crippen LogP contribution in [-0.2, 0) is 0 Å². The molecule has 0 spiro atoms. The minimum absolute atomic E-state index is 0.0499. The number of likely N-dealkylation sites (tertiary alicyclic amines) is 1. The number of carbonyl (C=O) groups is 1. The van der Waals surface area contributed by atoms with Gasteiger partial charge in [0.25, 0.3) is 5.91 Å². The third-order valence-corrected chi connectivity index (χ3v) is 4.83. The van der Waals surface area contributed by atoms with Crippen molar-refractivity contribution in [1.29, 1.82) is 0 Å². The maximum Gasteiger partial charge on any atom is 0.273 e. The first-order valence-corrected chi connectivity index (χ1v) is 9.15. The minimum Gasteiger partial charge on any atom is -0.381 e. The fourth-order valence-corrected chi connectivity index (χ4v) is 3.42. The van der Waals surface area contributed by atoms with E-state index in [1.165, 1.54) is 11.3 Å². The van der Waals surface area contributed by atoms with Crippen molar-refractivity contribution in [2.45, 2.75) is 25.3 Å². The average Bonchev–Trinajstić information content (AvgIpc) is 3.02. The van der Waals surface area contributed by atoms with Crippen LogP contribution in [-0.4, -0.2) is 54.0 Å². The molecule has 1 saturated heterocycles. The summed E-state index contributed by atoms with van der Waals surface area (Å²) in [5, 5.41) is 5.37. The van der Waals surface area contributed by atoms with Gasteiger partial charge in [-0.3, -0.25) is 4.79 Å². The van der Waals surface area contributed by atoms with Crippen molar-refractivity contribution < 1.29 is 4.79 Å². The molecule has 6 nitrogen and oxygen atoms in total. The number of amides is 1. The van der Waals surface area contributed by atoms with Crippen molar-refractivity contribution in [1.82, 2.24) is 14.9 Å². The van der Waals surface area contributed by atoms with Gasteiger partial charge in [-0.2, -0.15) is 0 Å². The van der Waals surface area contributed by atoms with Crippen LogP contribution in [0.25, 0.3) is 0 Å². The molecule has 0 aliphatic carbocycles. The Labute approximate surface area is 146 Å². The van der Waals surface area contributed by atoms with Crippen LogP contribution < -0.4 is 10.2 Å². The highest BCUT2D eigenvalue weighted by Crippen LogP contribution is 2.19. The van der Waals surface area contributed by atoms with E-state index < -0.39 is 0 Å². The zero-order valence-corrected chi connectivity index (χ0v) is 14.9. The number of rotatable bonds is 4. The normalized spacial score (nSPS) is 18.1. The van der Waals surface area contributed by atoms with E-state index >= 15 is 0 Å². The first kappa shape index (κ1) is 16.7. The van der Waals surface area contributed by atoms with Gasteiger partial charge in [0, 0.05) is 38.6 Å². The topological polar surface area (TPSA) is 61.4 Å². The summed E-state index contributed by atoms with van der Waals surface area (Å²) in [4.78, 5) is 24.9. The zero-order valence-electron chi connectivity index (χ0n) is 14.1. The van der Waals surface area contributed by atoms with Crippen LogP contribution in [0.1, 0.15) is 29.8 Å². The summed E-state index contributed by atoms with van der Waals surface area (Å²) >= 11 is 1.46. The second-order valence-corrected chi connectivity index (χ2v) is 6.96. The standard InChI is InChI=1S/C17H23N5OS/c1-21(2)16-6-5-14(10-18-16)20-13-4-3-8-22(9-7-13)17(23)15-11-24-12-19-15/h5-6,10-13,20H,3-4,7-9H2,1-2H3/t13-/m1/s1. The third-order valence-electron chi connectivity index (χ3n) is 4.24. The van der Waals surface area contributed by atoms with Crippen molar-refractivity contribution in [3.05, 3.63) is 34.9 Å². The van der Waals surface area contributed by atoms with Crippen LogP contribution >= 0.6 is 11.3 Å². The van der Waals surface area contributed by atoms with E-state index in [2.05, 4.69) is 21.4 Å². The average molecular weight is 345 g/mol. The fraction of sp³-hybridized carbons (Fsp3) is 0.471. The molecule has 7 heteroatoms. The van der Waals surface area contributed by atoms with E-state index in [4.69, 9.17) is 0 Å². The molecule has 1 N–H and O–H groups in total. The SMILES string of the molecule is CN(C)c1ccc(N[C@@H]2CCCN(C(=O)c3cscn3)CC2)cn1. The van der Waals surface area contributed by atoms with Crippen molar-refractivity contribution in [3.8, 4) is 0 Å². The summed E-state index contributed by atoms with van der Waals surface area (Å²) < 4.78 is 0. The van der Waals surface area contributed by atoms with Crippen LogP contribution in [0, 0.1) is 0 Å². The van der Waals surface area contributed by atoms with Gasteiger partial charge in [-0.1, -0.05) is 0 Å². The highest BCUT2D eigenvalue weighted by Gasteiger charge is 2.22. The van der Waals surface area contributed by atoms with Crippen molar-refractivity contribution in [3.63, 3.8) is 0 Å². The number of carbonyl (C=O) groups excluding carboxylic acids is 1. The molecule has 2 aromatic heterocycles. The molecule has 0 bridgehead atoms. The number of anilines is 2. The predicted octanol–water partition coefficient (Wildman–Crippen LogP) is 2.71. The molecule has 24 heavy (non-hydrogen) atoms. The van der Waals surface area contributed by atoms with Gasteiger partial charge in [0.15, 0.2) is 0 Å². The van der Waals surface area contributed by atoms with Gasteiger partial charge in [0.1, 0.15) is 11.5 Å². The van der Waals surface area contributed by atoms with Gasteiger partial charge >= 0.3 is 0 Å². The van der Waals surface area contributed by atoms with Gasteiger partial charge in [-0.05, 0) is 31.4 Å². The Bertz CT molecular complexity index is 656. The Morgan fingerprint density at radius 3 is 2.83 bits per heavy atom. The number of nitrogens with one attached hydrogen (secondary N) is 1. The van der Waals surface area contributed by atoms with Crippen LogP contribution in [0.5, 0.6) is 0 Å². The molecule has 3 heterocycles. The molecule has 0 unspecified atom stereocenters. The quantitative estimate of drug-likeness (QED) is 0.923. The lowest BCUT2D eigenvalue weighted by Gasteiger charge is -2.20. The summed E-state index contributed by atoms with van der Waals surface area (Å²) in [5.41, 5.74) is 3.31. The number of nitrogens with zero attached hydrogens (tertiary/aromatic N) is 4. The molecule has 1 fully saturated rings. The molecule has 0 radical (unpaired) electrons. The van der Waals surface area contributed by atoms with E-state index in [1.54, 1.807) is 5.51 Å². The van der Waals surface area contributed by atoms with E-state index in [-0.39, 0.29) is 5.91 Å². The maximum atomic E-state index is 12.4. The number of aromatic nitrogens is 2. The second-order valence-electron chi connectivity index (χ2n) is 6.24. The Hall–Kier alpha value is -2.15. The molecule has 0 saturated carbocycles. The monoisotopic (exact) mass is 345 g/mol. The lowest BCUT2D eigenvalue weighted by Crippen LogP contribution is -2.32. The van der Waals surface area contributed by atoms with Gasteiger partial charge in [-0.25, -0.2) is 9.97 Å². The lowest BCUT2D eigenvalue weighted by atomic mass is 10.1. The van der Waals surface area contributed by atoms with E-state index in [0.717, 1.165) is 43.9 Å². The Balaban J connectivity index is 1.56. The molecule has 2 aromatic rings. The number of pyridine rings is 1. The molecule has 1 aliphatic rings. The molecular formula is C17H23N5OS. The summed E-state index contributed by atoms with van der Waals surface area (Å²) in [6.07, 6.45) is 4.86. The summed E-state index contributed by atoms with van der Waals surface area (Å²) in [7, 11) is 3.96. The molecular weight excluding hydrogens is 322 g/mol. The summed E-state index contributed by atoms with van der Waals surface area (Å²) in [6.45, 7) is 1.56. The Morgan fingerprint density at radius 2 is 2.17 bits per heavy atom. The van der Waals surface area contributed by atoms with Gasteiger partial charge < -0.3 is 15.1 Å². The summed E-state index contributed by atoms with van der Waals surface area (Å²) in [5.74, 6) is 0.996. The zero-order chi connectivity index (χ0) is 16.9. The maximum absolute atomic E-state index is 12.4. The Morgan fingerprint density at radius 1 is 1.29 bits per heavy atom. The smallest absolute Gasteiger partial charge is 0.273 e. The highest BCUT2D eigenvalue weighted by molar-refractivity contribution is 7.07. The molecule has 1 atom stereocenters. The fourth-order valence-electron chi connectivity index (χ4n) is 2.90. The van der Waals surface area contributed by atoms with E-state index in [1.807, 2.05) is 41.5 Å². The predicted molar refractivity (Wildman–Crippen MR) is 97.8 cm³/mol. The number of thiazole rings is 1.